The lowest BCUT2D eigenvalue weighted by Gasteiger charge is -2.16. The first kappa shape index (κ1) is 11.6. The Morgan fingerprint density at radius 1 is 1.53 bits per heavy atom. The van der Waals surface area contributed by atoms with Gasteiger partial charge in [-0.25, -0.2) is 0 Å². The molecule has 0 saturated heterocycles. The van der Waals surface area contributed by atoms with E-state index in [-0.39, 0.29) is 12.3 Å². The number of hydrogen-bond acceptors (Lipinski definition) is 2. The quantitative estimate of drug-likeness (QED) is 0.746. The average molecular weight is 207 g/mol. The second kappa shape index (κ2) is 4.82. The summed E-state index contributed by atoms with van der Waals surface area (Å²) >= 11 is 0. The number of nitrogens with two attached hydrogens (primary N) is 1. The number of rotatable bonds is 4. The molecule has 15 heavy (non-hydrogen) atoms. The lowest BCUT2D eigenvalue weighted by molar-refractivity contribution is -0.137. The molecule has 0 fully saturated rings. The van der Waals surface area contributed by atoms with Crippen LogP contribution in [0.2, 0.25) is 0 Å². The largest absolute Gasteiger partial charge is 0.481 e. The minimum Gasteiger partial charge on any atom is -0.481 e. The van der Waals surface area contributed by atoms with E-state index in [9.17, 15) is 4.79 Å². The van der Waals surface area contributed by atoms with Gasteiger partial charge in [0.05, 0.1) is 6.42 Å². The minimum atomic E-state index is -0.760. The van der Waals surface area contributed by atoms with Gasteiger partial charge in [0.25, 0.3) is 0 Å². The fourth-order valence-corrected chi connectivity index (χ4v) is 1.80. The number of nitrogen functional groups attached to an aromatic ring is 1. The van der Waals surface area contributed by atoms with Crippen LogP contribution in [0, 0.1) is 6.92 Å². The molecule has 0 aliphatic heterocycles. The average Bonchev–Trinajstić information content (AvgIpc) is 2.19. The molecule has 0 radical (unpaired) electrons. The van der Waals surface area contributed by atoms with Gasteiger partial charge in [0, 0.05) is 5.69 Å². The number of anilines is 1. The zero-order valence-corrected chi connectivity index (χ0v) is 9.16. The number of hydrogen-bond donors (Lipinski definition) is 2. The molecule has 0 spiro atoms. The van der Waals surface area contributed by atoms with Crippen molar-refractivity contribution < 1.29 is 9.90 Å². The highest BCUT2D eigenvalue weighted by Gasteiger charge is 2.16. The van der Waals surface area contributed by atoms with Crippen molar-refractivity contribution in [1.82, 2.24) is 0 Å². The van der Waals surface area contributed by atoms with Crippen molar-refractivity contribution in [2.45, 2.75) is 32.6 Å². The van der Waals surface area contributed by atoms with Crippen molar-refractivity contribution in [1.29, 1.82) is 0 Å². The Bertz CT molecular complexity index is 361. The Kier molecular flexibility index (Phi) is 3.72. The van der Waals surface area contributed by atoms with E-state index in [1.54, 1.807) is 0 Å². The zero-order chi connectivity index (χ0) is 11.4. The van der Waals surface area contributed by atoms with Gasteiger partial charge in [0.15, 0.2) is 0 Å². The third-order valence-electron chi connectivity index (χ3n) is 2.77. The Morgan fingerprint density at radius 3 is 2.73 bits per heavy atom. The molecule has 0 aliphatic rings. The zero-order valence-electron chi connectivity index (χ0n) is 9.16. The van der Waals surface area contributed by atoms with Crippen molar-refractivity contribution in [3.8, 4) is 0 Å². The van der Waals surface area contributed by atoms with Gasteiger partial charge in [-0.2, -0.15) is 0 Å². The molecule has 1 rings (SSSR count). The summed E-state index contributed by atoms with van der Waals surface area (Å²) in [5, 5.41) is 8.81. The number of benzene rings is 1. The molecular formula is C12H17NO2. The summed E-state index contributed by atoms with van der Waals surface area (Å²) in [4.78, 5) is 10.7. The molecule has 1 unspecified atom stereocenters. The number of aliphatic carboxylic acids is 1. The molecule has 0 saturated carbocycles. The number of carboxylic acids is 1. The summed E-state index contributed by atoms with van der Waals surface area (Å²) < 4.78 is 0. The van der Waals surface area contributed by atoms with Crippen LogP contribution in [0.1, 0.15) is 36.8 Å². The standard InChI is InChI=1S/C12H17NO2/c1-3-9(7-12(14)15)10-5-4-6-11(13)8(10)2/h4-6,9H,3,7,13H2,1-2H3,(H,14,15). The van der Waals surface area contributed by atoms with Crippen LogP contribution in [0.25, 0.3) is 0 Å². The van der Waals surface area contributed by atoms with Gasteiger partial charge in [0.2, 0.25) is 0 Å². The Hall–Kier alpha value is -1.51. The van der Waals surface area contributed by atoms with Gasteiger partial charge in [-0.3, -0.25) is 4.79 Å². The maximum Gasteiger partial charge on any atom is 0.303 e. The molecule has 3 nitrogen and oxygen atoms in total. The van der Waals surface area contributed by atoms with E-state index >= 15 is 0 Å². The SMILES string of the molecule is CCC(CC(=O)O)c1cccc(N)c1C. The molecule has 0 bridgehead atoms. The van der Waals surface area contributed by atoms with Gasteiger partial charge in [-0.1, -0.05) is 19.1 Å². The van der Waals surface area contributed by atoms with Gasteiger partial charge < -0.3 is 10.8 Å². The molecular weight excluding hydrogens is 190 g/mol. The van der Waals surface area contributed by atoms with Crippen LogP contribution >= 0.6 is 0 Å². The maximum atomic E-state index is 10.7. The van der Waals surface area contributed by atoms with Crippen LogP contribution in [-0.2, 0) is 4.79 Å². The van der Waals surface area contributed by atoms with E-state index in [1.165, 1.54) is 0 Å². The number of carboxylic acid groups (broad SMARTS) is 1. The highest BCUT2D eigenvalue weighted by Crippen LogP contribution is 2.28. The van der Waals surface area contributed by atoms with Crippen LogP contribution < -0.4 is 5.73 Å². The molecule has 0 amide bonds. The fraction of sp³-hybridized carbons (Fsp3) is 0.417. The summed E-state index contributed by atoms with van der Waals surface area (Å²) in [6.45, 7) is 3.94. The summed E-state index contributed by atoms with van der Waals surface area (Å²) in [7, 11) is 0. The van der Waals surface area contributed by atoms with E-state index in [4.69, 9.17) is 10.8 Å². The van der Waals surface area contributed by atoms with E-state index in [1.807, 2.05) is 32.0 Å². The van der Waals surface area contributed by atoms with Crippen LogP contribution in [-0.4, -0.2) is 11.1 Å². The van der Waals surface area contributed by atoms with Gasteiger partial charge in [0.1, 0.15) is 0 Å². The molecule has 1 aromatic rings. The lowest BCUT2D eigenvalue weighted by atomic mass is 9.89. The smallest absolute Gasteiger partial charge is 0.303 e. The second-order valence-electron chi connectivity index (χ2n) is 3.76. The molecule has 1 atom stereocenters. The highest BCUT2D eigenvalue weighted by atomic mass is 16.4. The van der Waals surface area contributed by atoms with Crippen molar-refractivity contribution >= 4 is 11.7 Å². The molecule has 1 aromatic carbocycles. The number of carbonyl (C=O) groups is 1. The Morgan fingerprint density at radius 2 is 2.20 bits per heavy atom. The molecule has 0 aromatic heterocycles. The first-order valence-electron chi connectivity index (χ1n) is 5.13. The van der Waals surface area contributed by atoms with Crippen LogP contribution in [0.4, 0.5) is 5.69 Å². The monoisotopic (exact) mass is 207 g/mol. The van der Waals surface area contributed by atoms with Gasteiger partial charge in [-0.15, -0.1) is 0 Å². The predicted molar refractivity (Wildman–Crippen MR) is 60.9 cm³/mol. The van der Waals surface area contributed by atoms with Crippen molar-refractivity contribution in [2.75, 3.05) is 5.73 Å². The minimum absolute atomic E-state index is 0.0611. The first-order valence-corrected chi connectivity index (χ1v) is 5.13. The third-order valence-corrected chi connectivity index (χ3v) is 2.77. The molecule has 0 aliphatic carbocycles. The molecule has 82 valence electrons. The maximum absolute atomic E-state index is 10.7. The Balaban J connectivity index is 3.01. The van der Waals surface area contributed by atoms with E-state index in [0.29, 0.717) is 0 Å². The first-order chi connectivity index (χ1) is 7.06. The fourth-order valence-electron chi connectivity index (χ4n) is 1.80. The van der Waals surface area contributed by atoms with E-state index in [0.717, 1.165) is 23.2 Å². The van der Waals surface area contributed by atoms with Gasteiger partial charge in [-0.05, 0) is 36.5 Å². The van der Waals surface area contributed by atoms with Crippen molar-refractivity contribution in [2.24, 2.45) is 0 Å². The normalized spacial score (nSPS) is 12.4. The van der Waals surface area contributed by atoms with Gasteiger partial charge >= 0.3 is 5.97 Å². The van der Waals surface area contributed by atoms with Crippen molar-refractivity contribution in [3.63, 3.8) is 0 Å². The molecule has 0 heterocycles. The van der Waals surface area contributed by atoms with Crippen molar-refractivity contribution in [3.05, 3.63) is 29.3 Å². The third kappa shape index (κ3) is 2.72. The van der Waals surface area contributed by atoms with Crippen LogP contribution in [0.3, 0.4) is 0 Å². The Labute approximate surface area is 89.9 Å². The second-order valence-corrected chi connectivity index (χ2v) is 3.76. The van der Waals surface area contributed by atoms with Crippen LogP contribution in [0.5, 0.6) is 0 Å². The summed E-state index contributed by atoms with van der Waals surface area (Å²) in [5.41, 5.74) is 8.59. The predicted octanol–water partition coefficient (Wildman–Crippen LogP) is 2.55. The van der Waals surface area contributed by atoms with Crippen LogP contribution in [0.15, 0.2) is 18.2 Å². The van der Waals surface area contributed by atoms with E-state index in [2.05, 4.69) is 0 Å². The van der Waals surface area contributed by atoms with E-state index < -0.39 is 5.97 Å². The summed E-state index contributed by atoms with van der Waals surface area (Å²) in [5.74, 6) is -0.699. The highest BCUT2D eigenvalue weighted by molar-refractivity contribution is 5.68. The molecule has 3 N–H and O–H groups in total. The lowest BCUT2D eigenvalue weighted by Crippen LogP contribution is -2.08. The topological polar surface area (TPSA) is 63.3 Å². The summed E-state index contributed by atoms with van der Waals surface area (Å²) in [6.07, 6.45) is 0.984. The summed E-state index contributed by atoms with van der Waals surface area (Å²) in [6, 6.07) is 5.68. The molecule has 3 heteroatoms.